The van der Waals surface area contributed by atoms with Crippen molar-refractivity contribution in [3.05, 3.63) is 65.7 Å². The van der Waals surface area contributed by atoms with Crippen LogP contribution in [0.3, 0.4) is 0 Å². The molecule has 5 heteroatoms. The van der Waals surface area contributed by atoms with Crippen LogP contribution in [-0.4, -0.2) is 24.9 Å². The van der Waals surface area contributed by atoms with Crippen LogP contribution in [0, 0.1) is 23.7 Å². The molecule has 142 valence electrons. The molecule has 1 heterocycles. The minimum atomic E-state index is -0.439. The van der Waals surface area contributed by atoms with E-state index in [4.69, 9.17) is 4.74 Å². The number of methoxy groups -OCH3 is 1. The number of anilines is 1. The second-order valence-electron chi connectivity index (χ2n) is 8.01. The molecular weight excluding hydrogens is 354 g/mol. The zero-order chi connectivity index (χ0) is 19.4. The molecule has 2 aliphatic carbocycles. The predicted molar refractivity (Wildman–Crippen MR) is 103 cm³/mol. The smallest absolute Gasteiger partial charge is 0.337 e. The van der Waals surface area contributed by atoms with Crippen molar-refractivity contribution in [2.75, 3.05) is 12.0 Å². The van der Waals surface area contributed by atoms with Crippen molar-refractivity contribution in [1.82, 2.24) is 0 Å². The van der Waals surface area contributed by atoms with Crippen LogP contribution < -0.4 is 4.90 Å². The molecule has 3 fully saturated rings. The van der Waals surface area contributed by atoms with Gasteiger partial charge < -0.3 is 4.74 Å². The van der Waals surface area contributed by atoms with Crippen LogP contribution in [0.5, 0.6) is 0 Å². The molecule has 1 aliphatic heterocycles. The molecule has 2 aromatic carbocycles. The fourth-order valence-corrected chi connectivity index (χ4v) is 5.66. The second kappa shape index (κ2) is 6.30. The van der Waals surface area contributed by atoms with E-state index in [9.17, 15) is 14.4 Å². The SMILES string of the molecule is COC(=O)c1ccc(N2C(=O)[C@H]3[C@@H]4C[C@@H]([C@@H]3C2=O)[C@@H](c2ccccc2)C4)cc1. The molecule has 5 atom stereocenters. The first-order valence-corrected chi connectivity index (χ1v) is 9.71. The highest BCUT2D eigenvalue weighted by molar-refractivity contribution is 6.22. The van der Waals surface area contributed by atoms with Gasteiger partial charge in [-0.1, -0.05) is 30.3 Å². The normalized spacial score (nSPS) is 30.6. The summed E-state index contributed by atoms with van der Waals surface area (Å²) in [6, 6.07) is 16.8. The summed E-state index contributed by atoms with van der Waals surface area (Å²) in [6.07, 6.45) is 1.94. The first kappa shape index (κ1) is 17.2. The zero-order valence-corrected chi connectivity index (χ0v) is 15.6. The Kier molecular flexibility index (Phi) is 3.86. The van der Waals surface area contributed by atoms with Crippen LogP contribution in [0.15, 0.2) is 54.6 Å². The lowest BCUT2D eigenvalue weighted by atomic mass is 9.73. The van der Waals surface area contributed by atoms with Crippen LogP contribution >= 0.6 is 0 Å². The van der Waals surface area contributed by atoms with Gasteiger partial charge in [0.15, 0.2) is 0 Å². The Morgan fingerprint density at radius 3 is 2.29 bits per heavy atom. The lowest BCUT2D eigenvalue weighted by molar-refractivity contribution is -0.123. The number of hydrogen-bond donors (Lipinski definition) is 0. The third-order valence-corrected chi connectivity index (χ3v) is 6.79. The summed E-state index contributed by atoms with van der Waals surface area (Å²) in [5, 5.41) is 0. The Bertz CT molecular complexity index is 952. The summed E-state index contributed by atoms with van der Waals surface area (Å²) in [7, 11) is 1.32. The summed E-state index contributed by atoms with van der Waals surface area (Å²) >= 11 is 0. The first-order valence-electron chi connectivity index (χ1n) is 9.71. The third-order valence-electron chi connectivity index (χ3n) is 6.79. The molecule has 1 saturated heterocycles. The van der Waals surface area contributed by atoms with Crippen molar-refractivity contribution in [3.8, 4) is 0 Å². The van der Waals surface area contributed by atoms with E-state index in [2.05, 4.69) is 12.1 Å². The lowest BCUT2D eigenvalue weighted by Gasteiger charge is -2.28. The van der Waals surface area contributed by atoms with Gasteiger partial charge in [0.25, 0.3) is 0 Å². The maximum Gasteiger partial charge on any atom is 0.337 e. The Morgan fingerprint density at radius 1 is 0.929 bits per heavy atom. The minimum Gasteiger partial charge on any atom is -0.465 e. The van der Waals surface area contributed by atoms with Gasteiger partial charge in [-0.15, -0.1) is 0 Å². The van der Waals surface area contributed by atoms with Gasteiger partial charge in [-0.2, -0.15) is 0 Å². The van der Waals surface area contributed by atoms with E-state index >= 15 is 0 Å². The van der Waals surface area contributed by atoms with Gasteiger partial charge in [0.05, 0.1) is 30.2 Å². The molecule has 2 aromatic rings. The Balaban J connectivity index is 1.44. The maximum atomic E-state index is 13.3. The fraction of sp³-hybridized carbons (Fsp3) is 0.348. The molecule has 3 aliphatic rings. The number of ether oxygens (including phenoxy) is 1. The number of amides is 2. The molecule has 2 saturated carbocycles. The van der Waals surface area contributed by atoms with Crippen molar-refractivity contribution in [1.29, 1.82) is 0 Å². The van der Waals surface area contributed by atoms with E-state index in [1.165, 1.54) is 17.6 Å². The number of carbonyl (C=O) groups is 3. The van der Waals surface area contributed by atoms with Gasteiger partial charge in [0, 0.05) is 0 Å². The van der Waals surface area contributed by atoms with E-state index < -0.39 is 5.97 Å². The van der Waals surface area contributed by atoms with Gasteiger partial charge in [-0.3, -0.25) is 14.5 Å². The van der Waals surface area contributed by atoms with Gasteiger partial charge in [-0.05, 0) is 60.4 Å². The number of nitrogens with zero attached hydrogens (tertiary/aromatic N) is 1. The molecule has 0 unspecified atom stereocenters. The van der Waals surface area contributed by atoms with E-state index in [1.54, 1.807) is 24.3 Å². The average Bonchev–Trinajstić information content (AvgIpc) is 3.40. The molecule has 0 radical (unpaired) electrons. The lowest BCUT2D eigenvalue weighted by Crippen LogP contribution is -2.33. The van der Waals surface area contributed by atoms with Gasteiger partial charge in [0.2, 0.25) is 11.8 Å². The molecule has 2 amide bonds. The quantitative estimate of drug-likeness (QED) is 0.609. The van der Waals surface area contributed by atoms with E-state index in [0.717, 1.165) is 12.8 Å². The summed E-state index contributed by atoms with van der Waals surface area (Å²) in [6.45, 7) is 0. The van der Waals surface area contributed by atoms with Crippen LogP contribution in [0.1, 0.15) is 34.7 Å². The number of rotatable bonds is 3. The molecule has 5 rings (SSSR count). The number of imide groups is 1. The van der Waals surface area contributed by atoms with Gasteiger partial charge in [-0.25, -0.2) is 4.79 Å². The first-order chi connectivity index (χ1) is 13.6. The maximum absolute atomic E-state index is 13.3. The number of fused-ring (bicyclic) bond motifs is 5. The average molecular weight is 375 g/mol. The van der Waals surface area contributed by atoms with E-state index in [1.807, 2.05) is 18.2 Å². The van der Waals surface area contributed by atoms with Gasteiger partial charge >= 0.3 is 5.97 Å². The van der Waals surface area contributed by atoms with E-state index in [0.29, 0.717) is 17.2 Å². The molecular formula is C23H21NO4. The van der Waals surface area contributed by atoms with Gasteiger partial charge in [0.1, 0.15) is 0 Å². The number of esters is 1. The molecule has 2 bridgehead atoms. The summed E-state index contributed by atoms with van der Waals surface area (Å²) in [5.74, 6) is -0.176. The Hall–Kier alpha value is -2.95. The van der Waals surface area contributed by atoms with Crippen LogP contribution in [0.25, 0.3) is 0 Å². The third kappa shape index (κ3) is 2.35. The highest BCUT2D eigenvalue weighted by atomic mass is 16.5. The van der Waals surface area contributed by atoms with Crippen LogP contribution in [-0.2, 0) is 14.3 Å². The highest BCUT2D eigenvalue weighted by Gasteiger charge is 2.64. The highest BCUT2D eigenvalue weighted by Crippen LogP contribution is 2.61. The summed E-state index contributed by atoms with van der Waals surface area (Å²) in [4.78, 5) is 39.3. The van der Waals surface area contributed by atoms with Crippen molar-refractivity contribution < 1.29 is 19.1 Å². The number of benzene rings is 2. The van der Waals surface area contributed by atoms with Crippen molar-refractivity contribution in [3.63, 3.8) is 0 Å². The predicted octanol–water partition coefficient (Wildman–Crippen LogP) is 3.40. The van der Waals surface area contributed by atoms with Crippen molar-refractivity contribution in [2.24, 2.45) is 23.7 Å². The molecule has 5 nitrogen and oxygen atoms in total. The number of carbonyl (C=O) groups excluding carboxylic acids is 3. The van der Waals surface area contributed by atoms with Crippen molar-refractivity contribution in [2.45, 2.75) is 18.8 Å². The standard InChI is InChI=1S/C23H21NO4/c1-28-23(27)14-7-9-16(10-8-14)24-21(25)19-15-11-17(13-5-3-2-4-6-13)18(12-15)20(19)22(24)26/h2-10,15,17-20H,11-12H2,1H3/t15-,17+,18+,19-,20-/m0/s1. The van der Waals surface area contributed by atoms with Crippen LogP contribution in [0.4, 0.5) is 5.69 Å². The molecule has 28 heavy (non-hydrogen) atoms. The molecule has 0 aromatic heterocycles. The summed E-state index contributed by atoms with van der Waals surface area (Å²) in [5.41, 5.74) is 2.21. The largest absolute Gasteiger partial charge is 0.465 e. The Labute approximate surface area is 163 Å². The van der Waals surface area contributed by atoms with Crippen molar-refractivity contribution >= 4 is 23.5 Å². The molecule has 0 N–H and O–H groups in total. The topological polar surface area (TPSA) is 63.7 Å². The Morgan fingerprint density at radius 2 is 1.61 bits per heavy atom. The summed E-state index contributed by atoms with van der Waals surface area (Å²) < 4.78 is 4.71. The molecule has 0 spiro atoms. The fourth-order valence-electron chi connectivity index (χ4n) is 5.66. The minimum absolute atomic E-state index is 0.0835. The zero-order valence-electron chi connectivity index (χ0n) is 15.6. The second-order valence-corrected chi connectivity index (χ2v) is 8.01. The van der Waals surface area contributed by atoms with Crippen LogP contribution in [0.2, 0.25) is 0 Å². The van der Waals surface area contributed by atoms with E-state index in [-0.39, 0.29) is 35.5 Å². The monoisotopic (exact) mass is 375 g/mol. The number of hydrogen-bond acceptors (Lipinski definition) is 4.